The fourth-order valence-corrected chi connectivity index (χ4v) is 3.34. The molecule has 2 aromatic heterocycles. The summed E-state index contributed by atoms with van der Waals surface area (Å²) in [5, 5.41) is 12.7. The van der Waals surface area contributed by atoms with Crippen LogP contribution in [0.2, 0.25) is 0 Å². The number of hydrogen-bond acceptors (Lipinski definition) is 9. The normalized spacial score (nSPS) is 10.8. The maximum absolute atomic E-state index is 7.64. The quantitative estimate of drug-likeness (QED) is 0.271. The summed E-state index contributed by atoms with van der Waals surface area (Å²) in [6.45, 7) is 1.74. The molecular weight excluding hydrogens is 418 g/mol. The number of benzene rings is 1. The van der Waals surface area contributed by atoms with E-state index < -0.39 is 0 Å². The van der Waals surface area contributed by atoms with Crippen molar-refractivity contribution in [3.8, 4) is 17.0 Å². The van der Waals surface area contributed by atoms with Gasteiger partial charge >= 0.3 is 0 Å². The molecule has 0 aliphatic rings. The van der Waals surface area contributed by atoms with Crippen LogP contribution in [0.4, 0.5) is 28.8 Å². The van der Waals surface area contributed by atoms with Crippen LogP contribution in [-0.4, -0.2) is 74.5 Å². The first-order valence-electron chi connectivity index (χ1n) is 10.6. The van der Waals surface area contributed by atoms with E-state index in [2.05, 4.69) is 30.1 Å². The molecule has 0 spiro atoms. The highest BCUT2D eigenvalue weighted by Gasteiger charge is 2.14. The fraction of sp³-hybridized carbons (Fsp3) is 0.304. The zero-order chi connectivity index (χ0) is 24.0. The lowest BCUT2D eigenvalue weighted by Crippen LogP contribution is -2.73. The Hall–Kier alpha value is -3.76. The van der Waals surface area contributed by atoms with Crippen molar-refractivity contribution < 1.29 is 10.1 Å². The van der Waals surface area contributed by atoms with Gasteiger partial charge in [0.15, 0.2) is 0 Å². The Morgan fingerprint density at radius 2 is 1.97 bits per heavy atom. The number of anilines is 4. The number of nitrogens with one attached hydrogen (secondary N) is 2. The van der Waals surface area contributed by atoms with Gasteiger partial charge in [-0.25, -0.2) is 15.0 Å². The average molecular weight is 451 g/mol. The van der Waals surface area contributed by atoms with Gasteiger partial charge in [-0.1, -0.05) is 0 Å². The fourth-order valence-electron chi connectivity index (χ4n) is 3.34. The first-order chi connectivity index (χ1) is 15.9. The monoisotopic (exact) mass is 450 g/mol. The highest BCUT2D eigenvalue weighted by Crippen LogP contribution is 2.36. The topological polar surface area (TPSA) is 133 Å². The molecule has 10 heteroatoms. The van der Waals surface area contributed by atoms with Gasteiger partial charge in [0.25, 0.3) is 0 Å². The number of rotatable bonds is 10. The number of likely N-dealkylation sites (N-methyl/N-ethyl adjacent to an activating group) is 2. The van der Waals surface area contributed by atoms with Crippen LogP contribution in [-0.2, 0) is 0 Å². The molecule has 3 aromatic rings. The molecular formula is C23H32N9O+. The van der Waals surface area contributed by atoms with Crippen LogP contribution >= 0.6 is 0 Å². The number of nitrogen functional groups attached to an aromatic ring is 1. The van der Waals surface area contributed by atoms with E-state index in [4.69, 9.17) is 15.9 Å². The Kier molecular flexibility index (Phi) is 7.75. The van der Waals surface area contributed by atoms with Crippen LogP contribution in [0.25, 0.3) is 11.3 Å². The summed E-state index contributed by atoms with van der Waals surface area (Å²) in [6, 6.07) is 7.44. The van der Waals surface area contributed by atoms with Crippen LogP contribution in [0, 0.1) is 5.41 Å². The average Bonchev–Trinajstić information content (AvgIpc) is 2.82. The van der Waals surface area contributed by atoms with Gasteiger partial charge in [-0.2, -0.15) is 0 Å². The Balaban J connectivity index is 1.88. The van der Waals surface area contributed by atoms with Crippen molar-refractivity contribution in [1.29, 1.82) is 5.41 Å². The lowest BCUT2D eigenvalue weighted by atomic mass is 10.1. The molecule has 0 saturated heterocycles. The maximum Gasteiger partial charge on any atom is 0.232 e. The predicted octanol–water partition coefficient (Wildman–Crippen LogP) is 1.69. The van der Waals surface area contributed by atoms with Gasteiger partial charge in [0.05, 0.1) is 42.5 Å². The second-order valence-electron chi connectivity index (χ2n) is 7.86. The lowest BCUT2D eigenvalue weighted by Gasteiger charge is -2.24. The van der Waals surface area contributed by atoms with Crippen molar-refractivity contribution >= 4 is 35.0 Å². The molecule has 0 aliphatic carbocycles. The Bertz CT molecular complexity index is 1120. The van der Waals surface area contributed by atoms with Crippen molar-refractivity contribution in [3.63, 3.8) is 0 Å². The summed E-state index contributed by atoms with van der Waals surface area (Å²) >= 11 is 0. The third kappa shape index (κ3) is 5.73. The first-order valence-corrected chi connectivity index (χ1v) is 10.6. The number of methoxy groups -OCH3 is 1. The van der Waals surface area contributed by atoms with Crippen molar-refractivity contribution in [1.82, 2.24) is 19.9 Å². The molecule has 3 rings (SSSR count). The number of quaternary nitrogens is 1. The predicted molar refractivity (Wildman–Crippen MR) is 133 cm³/mol. The second kappa shape index (κ2) is 10.7. The molecule has 0 radical (unpaired) electrons. The minimum atomic E-state index is 0.404. The van der Waals surface area contributed by atoms with Crippen molar-refractivity contribution in [3.05, 3.63) is 42.2 Å². The number of pyridine rings is 1. The van der Waals surface area contributed by atoms with Crippen LogP contribution in [0.15, 0.2) is 36.7 Å². The molecule has 0 atom stereocenters. The third-order valence-corrected chi connectivity index (χ3v) is 5.22. The highest BCUT2D eigenvalue weighted by atomic mass is 16.5. The summed E-state index contributed by atoms with van der Waals surface area (Å²) in [7, 11) is 9.60. The van der Waals surface area contributed by atoms with E-state index in [0.717, 1.165) is 35.7 Å². The lowest BCUT2D eigenvalue weighted by molar-refractivity contribution is -0.543. The molecule has 10 nitrogen and oxygen atoms in total. The molecule has 1 aromatic carbocycles. The van der Waals surface area contributed by atoms with Crippen molar-refractivity contribution in [2.75, 3.05) is 64.3 Å². The molecule has 0 fully saturated rings. The van der Waals surface area contributed by atoms with Crippen LogP contribution in [0.3, 0.4) is 0 Å². The van der Waals surface area contributed by atoms with E-state index in [0.29, 0.717) is 28.8 Å². The Labute approximate surface area is 194 Å². The van der Waals surface area contributed by atoms with Crippen molar-refractivity contribution in [2.24, 2.45) is 0 Å². The summed E-state index contributed by atoms with van der Waals surface area (Å²) in [4.78, 5) is 17.6. The first kappa shape index (κ1) is 23.9. The van der Waals surface area contributed by atoms with Crippen LogP contribution < -0.4 is 26.0 Å². The largest absolute Gasteiger partial charge is 0.494 e. The van der Waals surface area contributed by atoms with Gasteiger partial charge in [0.1, 0.15) is 5.75 Å². The molecule has 6 N–H and O–H groups in total. The molecule has 174 valence electrons. The molecule has 33 heavy (non-hydrogen) atoms. The van der Waals surface area contributed by atoms with E-state index in [1.807, 2.05) is 51.7 Å². The summed E-state index contributed by atoms with van der Waals surface area (Å²) in [6.07, 6.45) is 4.70. The number of aromatic nitrogens is 3. The van der Waals surface area contributed by atoms with E-state index >= 15 is 0 Å². The van der Waals surface area contributed by atoms with Crippen molar-refractivity contribution in [2.45, 2.75) is 0 Å². The minimum Gasteiger partial charge on any atom is -0.494 e. The highest BCUT2D eigenvalue weighted by molar-refractivity contribution is 5.84. The number of hydrogen-bond donors (Lipinski definition) is 4. The van der Waals surface area contributed by atoms with E-state index in [-0.39, 0.29) is 0 Å². The molecule has 0 aliphatic heterocycles. The number of ether oxygens (including phenoxy) is 1. The molecule has 0 saturated carbocycles. The van der Waals surface area contributed by atoms with E-state index in [1.54, 1.807) is 25.6 Å². The van der Waals surface area contributed by atoms with Gasteiger partial charge < -0.3 is 31.0 Å². The molecule has 0 unspecified atom stereocenters. The van der Waals surface area contributed by atoms with Gasteiger partial charge in [-0.3, -0.25) is 5.32 Å². The second-order valence-corrected chi connectivity index (χ2v) is 7.86. The third-order valence-electron chi connectivity index (χ3n) is 5.22. The van der Waals surface area contributed by atoms with Gasteiger partial charge in [-0.15, -0.1) is 0 Å². The number of nitrogens with zero attached hydrogens (tertiary/aromatic N) is 5. The van der Waals surface area contributed by atoms with E-state index in [9.17, 15) is 0 Å². The summed E-state index contributed by atoms with van der Waals surface area (Å²) in [5.41, 5.74) is 10.8. The minimum absolute atomic E-state index is 0.404. The standard InChI is InChI=1S/C23H31N9O/c1-26-22-15(13-24)10-16(14-28-22)18-6-7-27-23(29-18)30-19-11-17(25)20(12-21(19)33-5)32(4)9-8-31(2)3/h6-7,10-14,24H,8-9,25H2,1-5H3,(H,26,28)(H,27,29,30)/p+1. The molecule has 0 bridgehead atoms. The Morgan fingerprint density at radius 1 is 1.18 bits per heavy atom. The molecule has 0 amide bonds. The smallest absolute Gasteiger partial charge is 0.232 e. The van der Waals surface area contributed by atoms with Crippen LogP contribution in [0.1, 0.15) is 5.56 Å². The molecule has 2 heterocycles. The number of nitrogens with two attached hydrogens (primary N) is 2. The van der Waals surface area contributed by atoms with Gasteiger partial charge in [-0.05, 0) is 32.3 Å². The Morgan fingerprint density at radius 3 is 2.64 bits per heavy atom. The summed E-state index contributed by atoms with van der Waals surface area (Å²) in [5.74, 6) is 1.80. The zero-order valence-corrected chi connectivity index (χ0v) is 19.8. The van der Waals surface area contributed by atoms with Gasteiger partial charge in [0.2, 0.25) is 11.8 Å². The SMILES string of the molecule is C[NH2+]c1ncc(-c2ccnc(Nc3cc(N)c(N(C)CCN(C)C)cc3OC)n2)cc1C=N. The zero-order valence-electron chi connectivity index (χ0n) is 19.8. The maximum atomic E-state index is 7.64. The van der Waals surface area contributed by atoms with Crippen LogP contribution in [0.5, 0.6) is 5.75 Å². The summed E-state index contributed by atoms with van der Waals surface area (Å²) < 4.78 is 5.61. The van der Waals surface area contributed by atoms with E-state index in [1.165, 1.54) is 6.21 Å². The van der Waals surface area contributed by atoms with Gasteiger partial charge in [0, 0.05) is 50.4 Å².